The van der Waals surface area contributed by atoms with Crippen LogP contribution in [0.4, 0.5) is 16.3 Å². The Hall–Kier alpha value is -5.31. The molecule has 17 heteroatoms. The van der Waals surface area contributed by atoms with E-state index in [1.807, 2.05) is 19.9 Å². The second-order valence-corrected chi connectivity index (χ2v) is 11.6. The summed E-state index contributed by atoms with van der Waals surface area (Å²) >= 11 is 0. The fraction of sp³-hybridized carbons (Fsp3) is 0.290. The topological polar surface area (TPSA) is 211 Å². The average molecular weight is 683 g/mol. The molecule has 3 amide bonds. The molecule has 0 spiro atoms. The highest BCUT2D eigenvalue weighted by atomic mass is 31.2. The van der Waals surface area contributed by atoms with Gasteiger partial charge in [0.15, 0.2) is 5.82 Å². The first-order chi connectivity index (χ1) is 22.8. The number of ether oxygens (including phenoxy) is 2. The van der Waals surface area contributed by atoms with Gasteiger partial charge in [-0.2, -0.15) is 5.10 Å². The van der Waals surface area contributed by atoms with Crippen molar-refractivity contribution in [3.8, 4) is 5.75 Å². The van der Waals surface area contributed by atoms with Crippen LogP contribution in [0, 0.1) is 13.8 Å². The number of hydrogen-bond acceptors (Lipinski definition) is 11. The summed E-state index contributed by atoms with van der Waals surface area (Å²) in [4.78, 5) is 74.1. The van der Waals surface area contributed by atoms with Crippen molar-refractivity contribution in [1.29, 1.82) is 0 Å². The van der Waals surface area contributed by atoms with Gasteiger partial charge in [-0.15, -0.1) is 0 Å². The smallest absolute Gasteiger partial charge is 0.428 e. The van der Waals surface area contributed by atoms with Crippen molar-refractivity contribution >= 4 is 48.7 Å². The van der Waals surface area contributed by atoms with E-state index in [1.165, 1.54) is 41.3 Å². The standard InChI is InChI=1S/C31H35N6O10P/c1-5-13-32-29(39)22-10-7-19(3)25(15-22)35-28-27-20(4)24(16-37(27)34-17-33-28)30(40)36(6-2)31(41)46-18-45-26(38)14-21-8-11-23(12-9-21)47-48(42,43)44/h7-12,15-17H,5-6,13-14,18H2,1-4H3,(H,32,39)(H,33,34,35)(H2,42,43,44). The van der Waals surface area contributed by atoms with Crippen LogP contribution >= 0.6 is 7.82 Å². The Morgan fingerprint density at radius 1 is 1.02 bits per heavy atom. The lowest BCUT2D eigenvalue weighted by molar-refractivity contribution is -0.151. The summed E-state index contributed by atoms with van der Waals surface area (Å²) in [6.07, 6.45) is 2.31. The quantitative estimate of drug-likeness (QED) is 0.0892. The molecule has 4 aromatic rings. The SMILES string of the molecule is CCCNC(=O)c1ccc(C)c(Nc2ncnn3cc(C(=O)N(CC)C(=O)OCOC(=O)Cc4ccc(OP(=O)(O)O)cc4)c(C)c23)c1. The van der Waals surface area contributed by atoms with Gasteiger partial charge in [-0.1, -0.05) is 25.1 Å². The number of carbonyl (C=O) groups is 4. The van der Waals surface area contributed by atoms with E-state index in [0.29, 0.717) is 40.3 Å². The van der Waals surface area contributed by atoms with Gasteiger partial charge in [0.1, 0.15) is 17.6 Å². The van der Waals surface area contributed by atoms with Crippen LogP contribution in [0.1, 0.15) is 57.7 Å². The number of nitrogens with zero attached hydrogens (tertiary/aromatic N) is 4. The molecule has 16 nitrogen and oxygen atoms in total. The summed E-state index contributed by atoms with van der Waals surface area (Å²) in [7, 11) is -4.72. The van der Waals surface area contributed by atoms with Crippen LogP contribution in [0.3, 0.4) is 0 Å². The van der Waals surface area contributed by atoms with Crippen LogP contribution in [0.2, 0.25) is 0 Å². The second-order valence-electron chi connectivity index (χ2n) is 10.5. The average Bonchev–Trinajstić information content (AvgIpc) is 3.38. The van der Waals surface area contributed by atoms with E-state index in [9.17, 15) is 23.7 Å². The van der Waals surface area contributed by atoms with Gasteiger partial charge in [-0.05, 0) is 68.1 Å². The van der Waals surface area contributed by atoms with E-state index in [0.717, 1.165) is 16.9 Å². The van der Waals surface area contributed by atoms with Crippen LogP contribution in [0.25, 0.3) is 5.52 Å². The lowest BCUT2D eigenvalue weighted by Crippen LogP contribution is -2.37. The lowest BCUT2D eigenvalue weighted by Gasteiger charge is -2.18. The Balaban J connectivity index is 1.42. The second kappa shape index (κ2) is 15.5. The third-order valence-corrected chi connectivity index (χ3v) is 7.47. The maximum atomic E-state index is 13.5. The number of imide groups is 1. The predicted molar refractivity (Wildman–Crippen MR) is 172 cm³/mol. The summed E-state index contributed by atoms with van der Waals surface area (Å²) in [6.45, 7) is 6.84. The predicted octanol–water partition coefficient (Wildman–Crippen LogP) is 4.04. The van der Waals surface area contributed by atoms with Crippen molar-refractivity contribution in [1.82, 2.24) is 24.8 Å². The van der Waals surface area contributed by atoms with E-state index in [4.69, 9.17) is 19.3 Å². The summed E-state index contributed by atoms with van der Waals surface area (Å²) in [5, 5.41) is 10.3. The minimum absolute atomic E-state index is 0.0524. The molecular formula is C31H35N6O10P. The van der Waals surface area contributed by atoms with Gasteiger partial charge < -0.3 is 24.6 Å². The van der Waals surface area contributed by atoms with Crippen molar-refractivity contribution in [3.63, 3.8) is 0 Å². The van der Waals surface area contributed by atoms with Gasteiger partial charge in [0, 0.05) is 30.5 Å². The molecule has 48 heavy (non-hydrogen) atoms. The van der Waals surface area contributed by atoms with Crippen molar-refractivity contribution in [2.24, 2.45) is 0 Å². The zero-order valence-electron chi connectivity index (χ0n) is 26.6. The highest BCUT2D eigenvalue weighted by Gasteiger charge is 2.27. The minimum atomic E-state index is -4.72. The number of amides is 3. The molecule has 2 aromatic heterocycles. The fourth-order valence-electron chi connectivity index (χ4n) is 4.58. The molecule has 0 atom stereocenters. The van der Waals surface area contributed by atoms with Crippen molar-refractivity contribution < 1.29 is 47.5 Å². The van der Waals surface area contributed by atoms with Gasteiger partial charge in [0.05, 0.1) is 12.0 Å². The number of hydrogen-bond donors (Lipinski definition) is 4. The van der Waals surface area contributed by atoms with Crippen molar-refractivity contribution in [2.75, 3.05) is 25.2 Å². The maximum absolute atomic E-state index is 13.5. The number of aryl methyl sites for hydroxylation is 2. The Kier molecular flexibility index (Phi) is 11.5. The summed E-state index contributed by atoms with van der Waals surface area (Å²) in [6, 6.07) is 10.6. The van der Waals surface area contributed by atoms with Crippen LogP contribution in [-0.2, 0) is 25.3 Å². The number of carbonyl (C=O) groups excluding carboxylic acids is 4. The number of nitrogens with one attached hydrogen (secondary N) is 2. The zero-order chi connectivity index (χ0) is 35.0. The molecule has 0 fully saturated rings. The monoisotopic (exact) mass is 682 g/mol. The van der Waals surface area contributed by atoms with Crippen molar-refractivity contribution in [3.05, 3.63) is 82.8 Å². The third kappa shape index (κ3) is 8.94. The van der Waals surface area contributed by atoms with Crippen molar-refractivity contribution in [2.45, 2.75) is 40.5 Å². The van der Waals surface area contributed by atoms with Gasteiger partial charge in [-0.25, -0.2) is 23.8 Å². The maximum Gasteiger partial charge on any atom is 0.524 e. The van der Waals surface area contributed by atoms with Crippen LogP contribution in [0.5, 0.6) is 5.75 Å². The largest absolute Gasteiger partial charge is 0.524 e. The van der Waals surface area contributed by atoms with E-state index in [-0.39, 0.29) is 30.2 Å². The molecule has 4 N–H and O–H groups in total. The van der Waals surface area contributed by atoms with Crippen LogP contribution < -0.4 is 15.2 Å². The molecule has 0 saturated heterocycles. The number of anilines is 2. The van der Waals surface area contributed by atoms with Crippen LogP contribution in [0.15, 0.2) is 55.0 Å². The first kappa shape index (κ1) is 35.5. The summed E-state index contributed by atoms with van der Waals surface area (Å²) in [5.41, 5.74) is 3.51. The number of phosphoric ester groups is 1. The number of fused-ring (bicyclic) bond motifs is 1. The van der Waals surface area contributed by atoms with Gasteiger partial charge in [0.2, 0.25) is 6.79 Å². The highest BCUT2D eigenvalue weighted by Crippen LogP contribution is 2.37. The molecule has 254 valence electrons. The Bertz CT molecular complexity index is 1870. The molecule has 4 rings (SSSR count). The summed E-state index contributed by atoms with van der Waals surface area (Å²) < 4.78 is 26.9. The number of benzene rings is 2. The van der Waals surface area contributed by atoms with Gasteiger partial charge in [0.25, 0.3) is 11.8 Å². The number of phosphoric acid groups is 1. The molecular weight excluding hydrogens is 647 g/mol. The molecule has 0 aliphatic carbocycles. The Morgan fingerprint density at radius 2 is 1.75 bits per heavy atom. The number of rotatable bonds is 13. The molecule has 2 aromatic carbocycles. The van der Waals surface area contributed by atoms with Gasteiger partial charge in [-0.3, -0.25) is 24.2 Å². The molecule has 0 aliphatic heterocycles. The third-order valence-electron chi connectivity index (χ3n) is 7.03. The number of esters is 1. The Morgan fingerprint density at radius 3 is 2.42 bits per heavy atom. The normalized spacial score (nSPS) is 11.1. The molecule has 2 heterocycles. The molecule has 0 radical (unpaired) electrons. The minimum Gasteiger partial charge on any atom is -0.428 e. The molecule has 0 unspecified atom stereocenters. The first-order valence-corrected chi connectivity index (χ1v) is 16.3. The van der Waals surface area contributed by atoms with Crippen LogP contribution in [-0.4, -0.2) is 73.0 Å². The molecule has 0 bridgehead atoms. The lowest BCUT2D eigenvalue weighted by atomic mass is 10.1. The van der Waals surface area contributed by atoms with Gasteiger partial charge >= 0.3 is 19.9 Å². The van der Waals surface area contributed by atoms with E-state index >= 15 is 0 Å². The molecule has 0 aliphatic rings. The zero-order valence-corrected chi connectivity index (χ0v) is 27.5. The summed E-state index contributed by atoms with van der Waals surface area (Å²) in [5.74, 6) is -1.35. The van der Waals surface area contributed by atoms with E-state index in [2.05, 4.69) is 25.2 Å². The first-order valence-electron chi connectivity index (χ1n) is 14.8. The fourth-order valence-corrected chi connectivity index (χ4v) is 4.98. The Labute approximate surface area is 275 Å². The molecule has 0 saturated carbocycles. The van der Waals surface area contributed by atoms with E-state index < -0.39 is 32.6 Å². The van der Waals surface area contributed by atoms with E-state index in [1.54, 1.807) is 26.0 Å². The highest BCUT2D eigenvalue weighted by molar-refractivity contribution is 7.46. The number of aromatic nitrogens is 3.